The molecule has 0 aromatic heterocycles. The number of hydrogen-bond acceptors (Lipinski definition) is 5. The molecule has 0 saturated carbocycles. The Kier molecular flexibility index (Phi) is 6.17. The largest absolute Gasteiger partial charge is 0.495 e. The molecule has 0 heterocycles. The fourth-order valence-corrected chi connectivity index (χ4v) is 2.43. The summed E-state index contributed by atoms with van der Waals surface area (Å²) in [6.45, 7) is -0.576. The number of nitrogens with two attached hydrogens (primary N) is 1. The van der Waals surface area contributed by atoms with Crippen molar-refractivity contribution in [3.8, 4) is 17.6 Å². The molecule has 0 aliphatic rings. The fourth-order valence-electron chi connectivity index (χ4n) is 1.42. The molecular weight excluding hydrogens is 296 g/mol. The first-order chi connectivity index (χ1) is 9.90. The Morgan fingerprint density at radius 3 is 2.76 bits per heavy atom. The Hall–Kier alpha value is -2.08. The van der Waals surface area contributed by atoms with Gasteiger partial charge < -0.3 is 15.6 Å². The van der Waals surface area contributed by atoms with Crippen LogP contribution in [0.1, 0.15) is 12.0 Å². The number of carbonyl (C=O) groups excluding carboxylic acids is 1. The summed E-state index contributed by atoms with van der Waals surface area (Å²) in [4.78, 5) is 10.6. The van der Waals surface area contributed by atoms with Gasteiger partial charge >= 0.3 is 0 Å². The highest BCUT2D eigenvalue weighted by Gasteiger charge is 2.16. The smallest absolute Gasteiger partial charge is 0.241 e. The zero-order chi connectivity index (χ0) is 15.9. The first-order valence-corrected chi connectivity index (χ1v) is 7.44. The van der Waals surface area contributed by atoms with Crippen LogP contribution in [-0.4, -0.2) is 39.7 Å². The number of carbonyl (C=O) groups is 1. The molecule has 4 N–H and O–H groups in total. The van der Waals surface area contributed by atoms with Gasteiger partial charge in [0.1, 0.15) is 5.75 Å². The molecule has 1 aromatic carbocycles. The number of methoxy groups -OCH3 is 1. The average Bonchev–Trinajstić information content (AvgIpc) is 2.45. The first-order valence-electron chi connectivity index (χ1n) is 5.96. The van der Waals surface area contributed by atoms with E-state index in [1.807, 2.05) is 0 Å². The third kappa shape index (κ3) is 5.07. The van der Waals surface area contributed by atoms with E-state index in [0.29, 0.717) is 11.3 Å². The molecule has 0 aliphatic heterocycles. The van der Waals surface area contributed by atoms with E-state index in [1.165, 1.54) is 25.3 Å². The summed E-state index contributed by atoms with van der Waals surface area (Å²) < 4.78 is 31.1. The number of primary amides is 1. The van der Waals surface area contributed by atoms with E-state index in [-0.39, 0.29) is 17.9 Å². The van der Waals surface area contributed by atoms with Gasteiger partial charge in [0.15, 0.2) is 0 Å². The van der Waals surface area contributed by atoms with Gasteiger partial charge in [-0.2, -0.15) is 0 Å². The van der Waals surface area contributed by atoms with Gasteiger partial charge in [0.05, 0.1) is 30.7 Å². The summed E-state index contributed by atoms with van der Waals surface area (Å²) in [6, 6.07) is 4.12. The number of amides is 1. The van der Waals surface area contributed by atoms with Gasteiger partial charge in [0.25, 0.3) is 0 Å². The van der Waals surface area contributed by atoms with Gasteiger partial charge in [-0.15, -0.1) is 0 Å². The molecule has 114 valence electrons. The van der Waals surface area contributed by atoms with E-state index < -0.39 is 22.5 Å². The second-order valence-corrected chi connectivity index (χ2v) is 5.70. The van der Waals surface area contributed by atoms with Crippen molar-refractivity contribution in [1.29, 1.82) is 0 Å². The van der Waals surface area contributed by atoms with Crippen molar-refractivity contribution in [2.45, 2.75) is 11.3 Å². The number of ether oxygens (including phenoxy) is 1. The molecule has 1 amide bonds. The Morgan fingerprint density at radius 1 is 1.48 bits per heavy atom. The SMILES string of the molecule is COc1ccc(S(=O)(=O)NCC(N)=O)cc1C#CCCO. The number of aliphatic hydroxyl groups excluding tert-OH is 1. The maximum atomic E-state index is 12.0. The van der Waals surface area contributed by atoms with Crippen LogP contribution in [0.25, 0.3) is 0 Å². The normalized spacial score (nSPS) is 10.6. The quantitative estimate of drug-likeness (QED) is 0.594. The van der Waals surface area contributed by atoms with Gasteiger partial charge in [-0.1, -0.05) is 11.8 Å². The maximum absolute atomic E-state index is 12.0. The molecule has 0 aliphatic carbocycles. The lowest BCUT2D eigenvalue weighted by atomic mass is 10.2. The van der Waals surface area contributed by atoms with E-state index in [0.717, 1.165) is 0 Å². The van der Waals surface area contributed by atoms with E-state index in [1.54, 1.807) is 0 Å². The lowest BCUT2D eigenvalue weighted by Gasteiger charge is -2.08. The van der Waals surface area contributed by atoms with Gasteiger partial charge in [0.2, 0.25) is 15.9 Å². The summed E-state index contributed by atoms with van der Waals surface area (Å²) in [5.41, 5.74) is 5.27. The minimum Gasteiger partial charge on any atom is -0.495 e. The molecule has 0 fully saturated rings. The predicted molar refractivity (Wildman–Crippen MR) is 76.0 cm³/mol. The van der Waals surface area contributed by atoms with Gasteiger partial charge in [-0.3, -0.25) is 4.79 Å². The van der Waals surface area contributed by atoms with Crippen LogP contribution in [0.2, 0.25) is 0 Å². The summed E-state index contributed by atoms with van der Waals surface area (Å²) in [5, 5.41) is 8.69. The van der Waals surface area contributed by atoms with Crippen LogP contribution in [-0.2, 0) is 14.8 Å². The van der Waals surface area contributed by atoms with Gasteiger partial charge in [-0.05, 0) is 18.2 Å². The van der Waals surface area contributed by atoms with Crippen LogP contribution in [0.3, 0.4) is 0 Å². The van der Waals surface area contributed by atoms with E-state index in [9.17, 15) is 13.2 Å². The molecule has 0 radical (unpaired) electrons. The first kappa shape index (κ1) is 17.0. The van der Waals surface area contributed by atoms with Crippen LogP contribution in [0.5, 0.6) is 5.75 Å². The molecule has 0 spiro atoms. The topological polar surface area (TPSA) is 119 Å². The number of sulfonamides is 1. The minimum absolute atomic E-state index is 0.0575. The summed E-state index contributed by atoms with van der Waals surface area (Å²) in [7, 11) is -2.42. The van der Waals surface area contributed by atoms with Crippen LogP contribution < -0.4 is 15.2 Å². The molecule has 0 unspecified atom stereocenters. The van der Waals surface area contributed by atoms with Crippen LogP contribution in [0.15, 0.2) is 23.1 Å². The summed E-state index contributed by atoms with van der Waals surface area (Å²) in [6.07, 6.45) is 0.264. The Balaban J connectivity index is 3.13. The van der Waals surface area contributed by atoms with Crippen molar-refractivity contribution in [3.05, 3.63) is 23.8 Å². The van der Waals surface area contributed by atoms with Gasteiger partial charge in [-0.25, -0.2) is 13.1 Å². The van der Waals surface area contributed by atoms with Crippen LogP contribution in [0, 0.1) is 11.8 Å². The number of nitrogens with one attached hydrogen (secondary N) is 1. The second kappa shape index (κ2) is 7.64. The third-order valence-corrected chi connectivity index (χ3v) is 3.78. The van der Waals surface area contributed by atoms with Gasteiger partial charge in [0, 0.05) is 6.42 Å². The van der Waals surface area contributed by atoms with Crippen molar-refractivity contribution in [2.75, 3.05) is 20.3 Å². The molecule has 21 heavy (non-hydrogen) atoms. The molecular formula is C13H16N2O5S. The highest BCUT2D eigenvalue weighted by atomic mass is 32.2. The number of aliphatic hydroxyl groups is 1. The van der Waals surface area contributed by atoms with Crippen LogP contribution in [0.4, 0.5) is 0 Å². The Labute approximate surface area is 123 Å². The molecule has 7 nitrogen and oxygen atoms in total. The lowest BCUT2D eigenvalue weighted by molar-refractivity contribution is -0.116. The molecule has 1 rings (SSSR count). The average molecular weight is 312 g/mol. The van der Waals surface area contributed by atoms with Crippen molar-refractivity contribution >= 4 is 15.9 Å². The molecule has 0 atom stereocenters. The maximum Gasteiger partial charge on any atom is 0.241 e. The van der Waals surface area contributed by atoms with E-state index in [4.69, 9.17) is 15.6 Å². The van der Waals surface area contributed by atoms with E-state index in [2.05, 4.69) is 16.6 Å². The van der Waals surface area contributed by atoms with Crippen molar-refractivity contribution in [1.82, 2.24) is 4.72 Å². The highest BCUT2D eigenvalue weighted by molar-refractivity contribution is 7.89. The van der Waals surface area contributed by atoms with Crippen molar-refractivity contribution in [3.63, 3.8) is 0 Å². The monoisotopic (exact) mass is 312 g/mol. The number of hydrogen-bond donors (Lipinski definition) is 3. The summed E-state index contributed by atoms with van der Waals surface area (Å²) in [5.74, 6) is 5.04. The molecule has 1 aromatic rings. The van der Waals surface area contributed by atoms with E-state index >= 15 is 0 Å². The third-order valence-electron chi connectivity index (χ3n) is 2.38. The lowest BCUT2D eigenvalue weighted by Crippen LogP contribution is -2.33. The number of benzene rings is 1. The van der Waals surface area contributed by atoms with Crippen molar-refractivity contribution < 1.29 is 23.1 Å². The predicted octanol–water partition coefficient (Wildman–Crippen LogP) is -0.807. The van der Waals surface area contributed by atoms with Crippen molar-refractivity contribution in [2.24, 2.45) is 5.73 Å². The van der Waals surface area contributed by atoms with Crippen LogP contribution >= 0.6 is 0 Å². The highest BCUT2D eigenvalue weighted by Crippen LogP contribution is 2.21. The zero-order valence-electron chi connectivity index (χ0n) is 11.4. The summed E-state index contributed by atoms with van der Waals surface area (Å²) >= 11 is 0. The fraction of sp³-hybridized carbons (Fsp3) is 0.308. The zero-order valence-corrected chi connectivity index (χ0v) is 12.2. The molecule has 0 saturated heterocycles. The number of rotatable bonds is 6. The second-order valence-electron chi connectivity index (χ2n) is 3.93. The minimum atomic E-state index is -3.86. The molecule has 0 bridgehead atoms. The Morgan fingerprint density at radius 2 is 2.19 bits per heavy atom. The molecule has 8 heteroatoms. The Bertz CT molecular complexity index is 674. The standard InChI is InChI=1S/C13H16N2O5S/c1-20-12-6-5-11(8-10(12)4-2-3-7-16)21(18,19)15-9-13(14)17/h5-6,8,15-16H,3,7,9H2,1H3,(H2,14,17).